The first-order chi connectivity index (χ1) is 29.7. The van der Waals surface area contributed by atoms with Crippen molar-refractivity contribution in [3.63, 3.8) is 0 Å². The second-order valence-corrected chi connectivity index (χ2v) is 16.9. The van der Waals surface area contributed by atoms with Gasteiger partial charge in [-0.3, -0.25) is 24.4 Å². The highest BCUT2D eigenvalue weighted by Gasteiger charge is 2.40. The van der Waals surface area contributed by atoms with Gasteiger partial charge in [0.2, 0.25) is 11.8 Å². The molecule has 3 amide bonds. The Bertz CT molecular complexity index is 2530. The minimum Gasteiger partial charge on any atom is -0.463 e. The quantitative estimate of drug-likeness (QED) is 0.133. The van der Waals surface area contributed by atoms with Crippen LogP contribution in [-0.4, -0.2) is 105 Å². The summed E-state index contributed by atoms with van der Waals surface area (Å²) in [6.07, 6.45) is 10.8. The van der Waals surface area contributed by atoms with Crippen LogP contribution in [0.2, 0.25) is 0 Å². The molecule has 61 heavy (non-hydrogen) atoms. The Morgan fingerprint density at radius 2 is 1.92 bits per heavy atom. The molecule has 5 fully saturated rings. The molecule has 1 aromatic carbocycles. The standard InChI is InChI=1S/C44H47F2N9O6/c45-41(46)39-36(48-44(58)34-20-47-54-17-14-37(49-42(34)54)53-22-31-19-29(53)24-60-31)23-55(51-39)28-8-6-26(7-9-28)21-52-15-12-30(13-16-52)59-18-2-4-27-3-1-5-32-35(25-61-40(27)32)33-10-11-38(56)50-43(33)57/h1,3,5,14,17,20,23,25-26,28-31,33,41H,6-13,15-16,18-19,21-22,24H2,(H,48,58)(H,50,56,57)/t26?,28?,29-,31-,33+/m1/s1. The molecule has 5 aliphatic rings. The number of carbonyl (C=O) groups is 3. The van der Waals surface area contributed by atoms with Gasteiger partial charge >= 0.3 is 0 Å². The van der Waals surface area contributed by atoms with Crippen molar-refractivity contribution in [1.82, 2.24) is 34.6 Å². The summed E-state index contributed by atoms with van der Waals surface area (Å²) < 4.78 is 49.4. The highest BCUT2D eigenvalue weighted by molar-refractivity contribution is 6.08. The number of benzene rings is 1. The smallest absolute Gasteiger partial charge is 0.284 e. The van der Waals surface area contributed by atoms with E-state index in [9.17, 15) is 23.2 Å². The number of morpholine rings is 1. The number of halogens is 2. The van der Waals surface area contributed by atoms with E-state index in [0.29, 0.717) is 43.2 Å². The number of imide groups is 1. The molecule has 8 heterocycles. The normalized spacial score (nSPS) is 24.8. The van der Waals surface area contributed by atoms with Crippen LogP contribution in [0.3, 0.4) is 0 Å². The number of para-hydroxylation sites is 1. The topological polar surface area (TPSA) is 161 Å². The Morgan fingerprint density at radius 3 is 2.69 bits per heavy atom. The van der Waals surface area contributed by atoms with Crippen molar-refractivity contribution in [2.75, 3.05) is 49.6 Å². The van der Waals surface area contributed by atoms with Gasteiger partial charge in [0.25, 0.3) is 12.3 Å². The SMILES string of the molecule is O=C1CC[C@@H](c2coc3c(C#CCOC4CCN(CC5CCC(n6cc(NC(=O)c7cnn8ccc(N9C[C@H]%10C[C@@H]9CO%10)nc78)c(C(F)F)n6)CC5)CC4)cccc23)C(=O)N1. The number of hydrogen-bond acceptors (Lipinski definition) is 11. The van der Waals surface area contributed by atoms with Gasteiger partial charge in [-0.1, -0.05) is 24.0 Å². The third kappa shape index (κ3) is 7.99. The van der Waals surface area contributed by atoms with Crippen LogP contribution in [0.4, 0.5) is 20.3 Å². The molecule has 4 aromatic heterocycles. The lowest BCUT2D eigenvalue weighted by Crippen LogP contribution is -2.40. The van der Waals surface area contributed by atoms with Crippen molar-refractivity contribution in [2.24, 2.45) is 5.92 Å². The summed E-state index contributed by atoms with van der Waals surface area (Å²) in [5, 5.41) is 14.5. The maximum Gasteiger partial charge on any atom is 0.284 e. The van der Waals surface area contributed by atoms with Gasteiger partial charge in [-0.2, -0.15) is 10.2 Å². The molecular formula is C44H47F2N9O6. The number of fused-ring (bicyclic) bond motifs is 4. The lowest BCUT2D eigenvalue weighted by atomic mass is 9.85. The summed E-state index contributed by atoms with van der Waals surface area (Å²) in [5.74, 6) is 6.01. The van der Waals surface area contributed by atoms with E-state index in [2.05, 4.69) is 42.5 Å². The van der Waals surface area contributed by atoms with E-state index >= 15 is 0 Å². The van der Waals surface area contributed by atoms with Gasteiger partial charge in [0, 0.05) is 55.9 Å². The summed E-state index contributed by atoms with van der Waals surface area (Å²) in [6.45, 7) is 4.54. The van der Waals surface area contributed by atoms with E-state index in [4.69, 9.17) is 18.9 Å². The van der Waals surface area contributed by atoms with E-state index < -0.39 is 23.9 Å². The fraction of sp³-hybridized carbons (Fsp3) is 0.500. The number of nitrogens with zero attached hydrogens (tertiary/aromatic N) is 7. The number of carbonyl (C=O) groups excluding carboxylic acids is 3. The molecule has 4 aliphatic heterocycles. The number of ether oxygens (including phenoxy) is 2. The number of likely N-dealkylation sites (tertiary alicyclic amines) is 1. The highest BCUT2D eigenvalue weighted by atomic mass is 19.3. The molecule has 4 saturated heterocycles. The summed E-state index contributed by atoms with van der Waals surface area (Å²) in [4.78, 5) is 47.0. The summed E-state index contributed by atoms with van der Waals surface area (Å²) in [5.41, 5.74) is 2.23. The van der Waals surface area contributed by atoms with Crippen molar-refractivity contribution in [3.05, 3.63) is 71.5 Å². The molecule has 1 saturated carbocycles. The highest BCUT2D eigenvalue weighted by Crippen LogP contribution is 2.37. The van der Waals surface area contributed by atoms with Crippen molar-refractivity contribution in [3.8, 4) is 11.8 Å². The largest absolute Gasteiger partial charge is 0.463 e. The zero-order chi connectivity index (χ0) is 41.6. The molecule has 17 heteroatoms. The second kappa shape index (κ2) is 16.6. The van der Waals surface area contributed by atoms with Crippen LogP contribution in [0.5, 0.6) is 0 Å². The maximum absolute atomic E-state index is 14.3. The fourth-order valence-corrected chi connectivity index (χ4v) is 9.84. The maximum atomic E-state index is 14.3. The molecule has 2 N–H and O–H groups in total. The second-order valence-electron chi connectivity index (χ2n) is 16.9. The molecule has 5 aromatic rings. The van der Waals surface area contributed by atoms with Crippen LogP contribution in [0, 0.1) is 17.8 Å². The molecule has 3 atom stereocenters. The van der Waals surface area contributed by atoms with E-state index in [-0.39, 0.29) is 47.4 Å². The molecule has 2 bridgehead atoms. The van der Waals surface area contributed by atoms with Gasteiger partial charge < -0.3 is 29.0 Å². The minimum atomic E-state index is -2.85. The summed E-state index contributed by atoms with van der Waals surface area (Å²) in [7, 11) is 0. The molecule has 10 rings (SSSR count). The van der Waals surface area contributed by atoms with E-state index in [1.165, 1.54) is 10.7 Å². The number of anilines is 2. The predicted octanol–water partition coefficient (Wildman–Crippen LogP) is 5.62. The number of aromatic nitrogens is 5. The van der Waals surface area contributed by atoms with Gasteiger partial charge in [-0.25, -0.2) is 18.3 Å². The molecule has 1 aliphatic carbocycles. The Morgan fingerprint density at radius 1 is 1.07 bits per heavy atom. The van der Waals surface area contributed by atoms with Crippen LogP contribution >= 0.6 is 0 Å². The van der Waals surface area contributed by atoms with Crippen LogP contribution in [-0.2, 0) is 19.1 Å². The Hall–Kier alpha value is -5.70. The monoisotopic (exact) mass is 835 g/mol. The van der Waals surface area contributed by atoms with Gasteiger partial charge in [0.15, 0.2) is 11.3 Å². The Balaban J connectivity index is 0.690. The van der Waals surface area contributed by atoms with E-state index in [0.717, 1.165) is 93.5 Å². The van der Waals surface area contributed by atoms with Crippen molar-refractivity contribution >= 4 is 45.8 Å². The number of amides is 3. The first kappa shape index (κ1) is 39.4. The van der Waals surface area contributed by atoms with Crippen molar-refractivity contribution in [1.29, 1.82) is 0 Å². The van der Waals surface area contributed by atoms with Crippen LogP contribution in [0.25, 0.3) is 16.6 Å². The molecule has 0 unspecified atom stereocenters. The lowest BCUT2D eigenvalue weighted by molar-refractivity contribution is -0.134. The van der Waals surface area contributed by atoms with E-state index in [1.54, 1.807) is 23.3 Å². The van der Waals surface area contributed by atoms with Crippen molar-refractivity contribution < 1.29 is 37.1 Å². The number of furan rings is 1. The number of rotatable bonds is 10. The molecule has 0 spiro atoms. The third-order valence-corrected chi connectivity index (χ3v) is 13.1. The first-order valence-corrected chi connectivity index (χ1v) is 21.3. The van der Waals surface area contributed by atoms with Gasteiger partial charge in [-0.05, 0) is 69.4 Å². The molecule has 15 nitrogen and oxygen atoms in total. The molecule has 0 radical (unpaired) electrons. The predicted molar refractivity (Wildman–Crippen MR) is 218 cm³/mol. The van der Waals surface area contributed by atoms with Gasteiger partial charge in [0.1, 0.15) is 23.6 Å². The van der Waals surface area contributed by atoms with Crippen LogP contribution in [0.1, 0.15) is 103 Å². The average Bonchev–Trinajstić information content (AvgIpc) is 4.12. The molecular weight excluding hydrogens is 789 g/mol. The Labute approximate surface area is 350 Å². The van der Waals surface area contributed by atoms with Crippen LogP contribution in [0.15, 0.2) is 53.5 Å². The number of hydrogen-bond donors (Lipinski definition) is 2. The van der Waals surface area contributed by atoms with Crippen molar-refractivity contribution in [2.45, 2.75) is 94.4 Å². The van der Waals surface area contributed by atoms with Gasteiger partial charge in [-0.15, -0.1) is 0 Å². The fourth-order valence-electron chi connectivity index (χ4n) is 9.84. The van der Waals surface area contributed by atoms with E-state index in [1.807, 2.05) is 24.3 Å². The molecule has 318 valence electrons. The summed E-state index contributed by atoms with van der Waals surface area (Å²) >= 11 is 0. The average molecular weight is 836 g/mol. The Kier molecular flexibility index (Phi) is 10.8. The number of piperidine rings is 2. The number of nitrogens with one attached hydrogen (secondary N) is 2. The zero-order valence-electron chi connectivity index (χ0n) is 33.6. The lowest BCUT2D eigenvalue weighted by Gasteiger charge is -2.36. The van der Waals surface area contributed by atoms with Gasteiger partial charge in [0.05, 0.1) is 60.5 Å². The zero-order valence-corrected chi connectivity index (χ0v) is 33.6. The number of alkyl halides is 2. The first-order valence-electron chi connectivity index (χ1n) is 21.3. The van der Waals surface area contributed by atoms with Crippen LogP contribution < -0.4 is 15.5 Å². The minimum absolute atomic E-state index is 0.00165. The summed E-state index contributed by atoms with van der Waals surface area (Å²) in [6, 6.07) is 7.77. The third-order valence-electron chi connectivity index (χ3n) is 13.1.